The summed E-state index contributed by atoms with van der Waals surface area (Å²) in [5.41, 5.74) is -0.0419. The zero-order chi connectivity index (χ0) is 12.1. The lowest BCUT2D eigenvalue weighted by Gasteiger charge is -2.01. The number of aliphatic hydroxyl groups is 1. The number of rotatable bonds is 3. The molecule has 1 aromatic carbocycles. The van der Waals surface area contributed by atoms with Crippen LogP contribution in [0.25, 0.3) is 0 Å². The molecule has 0 spiro atoms. The molecule has 0 saturated heterocycles. The van der Waals surface area contributed by atoms with Gasteiger partial charge in [0, 0.05) is 5.56 Å². The average Bonchev–Trinajstić information content (AvgIpc) is 2.30. The molecule has 0 unspecified atom stereocenters. The summed E-state index contributed by atoms with van der Waals surface area (Å²) in [7, 11) is 0. The maximum atomic E-state index is 13.4. The van der Waals surface area contributed by atoms with Crippen molar-refractivity contribution in [3.63, 3.8) is 0 Å². The van der Waals surface area contributed by atoms with Gasteiger partial charge in [0.25, 0.3) is 0 Å². The molecule has 0 atom stereocenters. The molecule has 1 rings (SSSR count). The lowest BCUT2D eigenvalue weighted by atomic mass is 10.2. The summed E-state index contributed by atoms with van der Waals surface area (Å²) < 4.78 is 26.3. The number of hydrogen-bond acceptors (Lipinski definition) is 4. The minimum absolute atomic E-state index is 0.0338. The number of hydrazone groups is 1. The van der Waals surface area contributed by atoms with Crippen molar-refractivity contribution in [3.8, 4) is 0 Å². The van der Waals surface area contributed by atoms with E-state index in [9.17, 15) is 8.78 Å². The molecule has 0 amide bonds. The first-order chi connectivity index (χ1) is 7.60. The van der Waals surface area contributed by atoms with Crippen LogP contribution in [0.3, 0.4) is 0 Å². The fourth-order valence-electron chi connectivity index (χ4n) is 1.01. The van der Waals surface area contributed by atoms with Gasteiger partial charge in [0.2, 0.25) is 0 Å². The Bertz CT molecular complexity index is 444. The van der Waals surface area contributed by atoms with E-state index in [0.717, 1.165) is 12.3 Å². The highest BCUT2D eigenvalue weighted by Crippen LogP contribution is 2.22. The first-order valence-corrected chi connectivity index (χ1v) is 4.46. The Morgan fingerprint density at radius 3 is 2.75 bits per heavy atom. The van der Waals surface area contributed by atoms with Crippen molar-refractivity contribution in [2.24, 2.45) is 15.9 Å². The molecule has 0 fully saturated rings. The zero-order valence-electron chi connectivity index (χ0n) is 8.61. The highest BCUT2D eigenvalue weighted by molar-refractivity contribution is 6.31. The van der Waals surface area contributed by atoms with Gasteiger partial charge in [-0.1, -0.05) is 0 Å². The summed E-state index contributed by atoms with van der Waals surface area (Å²) in [4.78, 5) is 3.71. The molecule has 0 bridgehead atoms. The third kappa shape index (κ3) is 2.60. The van der Waals surface area contributed by atoms with Crippen LogP contribution in [0, 0.1) is 18.6 Å². The molecular formula is C10H11F2N3O. The minimum atomic E-state index is -0.745. The second kappa shape index (κ2) is 5.32. The van der Waals surface area contributed by atoms with Crippen molar-refractivity contribution in [3.05, 3.63) is 29.3 Å². The molecule has 0 aromatic heterocycles. The fourth-order valence-corrected chi connectivity index (χ4v) is 1.01. The van der Waals surface area contributed by atoms with E-state index in [4.69, 9.17) is 10.9 Å². The quantitative estimate of drug-likeness (QED) is 0.464. The van der Waals surface area contributed by atoms with E-state index in [-0.39, 0.29) is 17.0 Å². The Labute approximate surface area is 91.1 Å². The third-order valence-corrected chi connectivity index (χ3v) is 1.98. The Kier molecular flexibility index (Phi) is 4.07. The highest BCUT2D eigenvalue weighted by Gasteiger charge is 2.08. The Morgan fingerprint density at radius 2 is 2.19 bits per heavy atom. The van der Waals surface area contributed by atoms with E-state index in [1.54, 1.807) is 0 Å². The van der Waals surface area contributed by atoms with Crippen molar-refractivity contribution >= 4 is 17.6 Å². The second-order valence-corrected chi connectivity index (χ2v) is 3.04. The number of aliphatic imine (C=N–C) groups is 1. The van der Waals surface area contributed by atoms with Gasteiger partial charge in [-0.25, -0.2) is 8.78 Å². The van der Waals surface area contributed by atoms with Crippen LogP contribution in [0.2, 0.25) is 0 Å². The van der Waals surface area contributed by atoms with Gasteiger partial charge in [0.05, 0.1) is 18.5 Å². The number of halogens is 2. The monoisotopic (exact) mass is 227 g/mol. The van der Waals surface area contributed by atoms with Crippen LogP contribution in [-0.2, 0) is 0 Å². The molecule has 0 aliphatic rings. The number of aliphatic hydroxyl groups excluding tert-OH is 1. The van der Waals surface area contributed by atoms with Crippen LogP contribution in [0.15, 0.2) is 22.2 Å². The first kappa shape index (κ1) is 12.3. The van der Waals surface area contributed by atoms with E-state index in [1.165, 1.54) is 13.0 Å². The summed E-state index contributed by atoms with van der Waals surface area (Å²) in [5, 5.41) is 11.9. The van der Waals surface area contributed by atoms with Crippen molar-refractivity contribution in [1.29, 1.82) is 0 Å². The van der Waals surface area contributed by atoms with Crippen molar-refractivity contribution < 1.29 is 13.9 Å². The molecule has 1 aromatic rings. The number of nitrogens with two attached hydrogens (primary N) is 1. The van der Waals surface area contributed by atoms with Crippen molar-refractivity contribution in [1.82, 2.24) is 0 Å². The lowest BCUT2D eigenvalue weighted by Crippen LogP contribution is -2.08. The molecule has 4 nitrogen and oxygen atoms in total. The molecule has 0 heterocycles. The molecule has 0 radical (unpaired) electrons. The topological polar surface area (TPSA) is 71.0 Å². The van der Waals surface area contributed by atoms with Gasteiger partial charge < -0.3 is 10.9 Å². The van der Waals surface area contributed by atoms with Gasteiger partial charge in [-0.05, 0) is 19.1 Å². The van der Waals surface area contributed by atoms with Crippen LogP contribution in [-0.4, -0.2) is 23.6 Å². The molecule has 86 valence electrons. The van der Waals surface area contributed by atoms with Gasteiger partial charge in [-0.2, -0.15) is 5.10 Å². The maximum Gasteiger partial charge on any atom is 0.154 e. The smallest absolute Gasteiger partial charge is 0.154 e. The second-order valence-electron chi connectivity index (χ2n) is 3.04. The summed E-state index contributed by atoms with van der Waals surface area (Å²) in [6.45, 7) is 0.912. The van der Waals surface area contributed by atoms with Crippen molar-refractivity contribution in [2.75, 3.05) is 6.61 Å². The van der Waals surface area contributed by atoms with E-state index >= 15 is 0 Å². The first-order valence-electron chi connectivity index (χ1n) is 4.46. The predicted octanol–water partition coefficient (Wildman–Crippen LogP) is 1.28. The molecule has 0 aliphatic carbocycles. The Balaban J connectivity index is 3.03. The fraction of sp³-hybridized carbons (Fsp3) is 0.200. The minimum Gasteiger partial charge on any atom is -0.390 e. The molecule has 0 saturated carbocycles. The predicted molar refractivity (Wildman–Crippen MR) is 58.0 cm³/mol. The molecule has 16 heavy (non-hydrogen) atoms. The van der Waals surface area contributed by atoms with E-state index < -0.39 is 18.2 Å². The summed E-state index contributed by atoms with van der Waals surface area (Å²) >= 11 is 0. The third-order valence-electron chi connectivity index (χ3n) is 1.98. The van der Waals surface area contributed by atoms with Crippen LogP contribution >= 0.6 is 0 Å². The molecule has 0 aliphatic heterocycles. The number of benzene rings is 1. The Morgan fingerprint density at radius 1 is 1.50 bits per heavy atom. The standard InChI is InChI=1S/C10H11F2N3O/c1-6-8(11)2-3-9(10(6)12)14-4-7(5-16)15-13/h2-4,16H,5,13H2,1H3. The van der Waals surface area contributed by atoms with Gasteiger partial charge in [0.15, 0.2) is 5.82 Å². The van der Waals surface area contributed by atoms with Gasteiger partial charge >= 0.3 is 0 Å². The average molecular weight is 227 g/mol. The number of nitrogens with zero attached hydrogens (tertiary/aromatic N) is 2. The van der Waals surface area contributed by atoms with Crippen molar-refractivity contribution in [2.45, 2.75) is 6.92 Å². The summed E-state index contributed by atoms with van der Waals surface area (Å²) in [5.74, 6) is 3.54. The van der Waals surface area contributed by atoms with Gasteiger partial charge in [0.1, 0.15) is 11.5 Å². The van der Waals surface area contributed by atoms with Gasteiger partial charge in [-0.15, -0.1) is 0 Å². The van der Waals surface area contributed by atoms with Gasteiger partial charge in [-0.3, -0.25) is 4.99 Å². The van der Waals surface area contributed by atoms with Crippen LogP contribution in [0.1, 0.15) is 5.56 Å². The van der Waals surface area contributed by atoms with Crippen LogP contribution in [0.4, 0.5) is 14.5 Å². The maximum absolute atomic E-state index is 13.4. The van der Waals surface area contributed by atoms with E-state index in [1.807, 2.05) is 0 Å². The largest absolute Gasteiger partial charge is 0.390 e. The SMILES string of the molecule is Cc1c(F)ccc(N=CC(CO)=NN)c1F. The number of hydrogen-bond donors (Lipinski definition) is 2. The summed E-state index contributed by atoms with van der Waals surface area (Å²) in [6.07, 6.45) is 1.12. The van der Waals surface area contributed by atoms with Crippen LogP contribution < -0.4 is 5.84 Å². The Hall–Kier alpha value is -1.82. The molecule has 3 N–H and O–H groups in total. The van der Waals surface area contributed by atoms with Crippen LogP contribution in [0.5, 0.6) is 0 Å². The molecular weight excluding hydrogens is 216 g/mol. The normalized spacial score (nSPS) is 12.4. The summed E-state index contributed by atoms with van der Waals surface area (Å²) in [6, 6.07) is 2.31. The zero-order valence-corrected chi connectivity index (χ0v) is 8.61. The molecule has 6 heteroatoms. The lowest BCUT2D eigenvalue weighted by molar-refractivity contribution is 0.359. The van der Waals surface area contributed by atoms with E-state index in [2.05, 4.69) is 10.1 Å². The highest BCUT2D eigenvalue weighted by atomic mass is 19.1. The van der Waals surface area contributed by atoms with E-state index in [0.29, 0.717) is 0 Å².